The lowest BCUT2D eigenvalue weighted by Crippen LogP contribution is -2.12. The molecule has 0 saturated heterocycles. The number of nitrogens with two attached hydrogens (primary N) is 1. The number of carbonyl (C=O) groups is 1. The molecule has 0 radical (unpaired) electrons. The molecule has 0 aliphatic carbocycles. The van der Waals surface area contributed by atoms with Gasteiger partial charge in [0.2, 0.25) is 0 Å². The van der Waals surface area contributed by atoms with Gasteiger partial charge in [-0.15, -0.1) is 0 Å². The van der Waals surface area contributed by atoms with Crippen molar-refractivity contribution in [3.8, 4) is 0 Å². The molecule has 84 valence electrons. The first kappa shape index (κ1) is 12.1. The van der Waals surface area contributed by atoms with Crippen LogP contribution in [-0.2, 0) is 7.05 Å². The molecule has 0 aliphatic heterocycles. The van der Waals surface area contributed by atoms with Crippen LogP contribution in [-0.4, -0.2) is 10.5 Å². The SMILES string of the molecule is CCC(C)c1c(Cl)c(C(N)=O)c(C)n1C. The Morgan fingerprint density at radius 3 is 2.47 bits per heavy atom. The summed E-state index contributed by atoms with van der Waals surface area (Å²) in [5.41, 5.74) is 7.58. The number of rotatable bonds is 3. The van der Waals surface area contributed by atoms with Crippen molar-refractivity contribution in [1.82, 2.24) is 4.57 Å². The van der Waals surface area contributed by atoms with Gasteiger partial charge in [-0.05, 0) is 19.3 Å². The van der Waals surface area contributed by atoms with E-state index in [9.17, 15) is 4.79 Å². The number of hydrogen-bond acceptors (Lipinski definition) is 1. The van der Waals surface area contributed by atoms with Gasteiger partial charge in [-0.2, -0.15) is 0 Å². The average molecular weight is 229 g/mol. The zero-order valence-electron chi connectivity index (χ0n) is 9.60. The highest BCUT2D eigenvalue weighted by Gasteiger charge is 2.23. The number of carbonyl (C=O) groups excluding carboxylic acids is 1. The smallest absolute Gasteiger partial charge is 0.252 e. The Morgan fingerprint density at radius 1 is 1.60 bits per heavy atom. The second-order valence-corrected chi connectivity index (χ2v) is 4.27. The fraction of sp³-hybridized carbons (Fsp3) is 0.545. The summed E-state index contributed by atoms with van der Waals surface area (Å²) < 4.78 is 1.95. The van der Waals surface area contributed by atoms with Crippen LogP contribution in [0.2, 0.25) is 5.02 Å². The summed E-state index contributed by atoms with van der Waals surface area (Å²) in [6.07, 6.45) is 0.981. The first-order valence-corrected chi connectivity index (χ1v) is 5.44. The third-order valence-corrected chi connectivity index (χ3v) is 3.38. The van der Waals surface area contributed by atoms with E-state index < -0.39 is 5.91 Å². The quantitative estimate of drug-likeness (QED) is 0.850. The lowest BCUT2D eigenvalue weighted by molar-refractivity contribution is 0.1000. The Labute approximate surface area is 95.2 Å². The van der Waals surface area contributed by atoms with Gasteiger partial charge in [0.15, 0.2) is 0 Å². The molecule has 15 heavy (non-hydrogen) atoms. The van der Waals surface area contributed by atoms with Crippen LogP contribution in [0.25, 0.3) is 0 Å². The normalized spacial score (nSPS) is 12.9. The molecular weight excluding hydrogens is 212 g/mol. The van der Waals surface area contributed by atoms with Crippen LogP contribution < -0.4 is 5.73 Å². The van der Waals surface area contributed by atoms with Crippen LogP contribution >= 0.6 is 11.6 Å². The van der Waals surface area contributed by atoms with Crippen molar-refractivity contribution in [2.45, 2.75) is 33.1 Å². The summed E-state index contributed by atoms with van der Waals surface area (Å²) in [4.78, 5) is 11.2. The average Bonchev–Trinajstić information content (AvgIpc) is 2.37. The van der Waals surface area contributed by atoms with Crippen LogP contribution in [0.3, 0.4) is 0 Å². The number of primary amides is 1. The number of aromatic nitrogens is 1. The van der Waals surface area contributed by atoms with E-state index in [0.717, 1.165) is 17.8 Å². The lowest BCUT2D eigenvalue weighted by atomic mass is 10.0. The van der Waals surface area contributed by atoms with Gasteiger partial charge in [-0.1, -0.05) is 25.4 Å². The van der Waals surface area contributed by atoms with Crippen LogP contribution in [0, 0.1) is 6.92 Å². The summed E-state index contributed by atoms with van der Waals surface area (Å²) in [5.74, 6) is -0.128. The number of hydrogen-bond donors (Lipinski definition) is 1. The second kappa shape index (κ2) is 4.27. The molecule has 1 amide bonds. The zero-order chi connectivity index (χ0) is 11.7. The molecule has 0 aromatic carbocycles. The highest BCUT2D eigenvalue weighted by atomic mass is 35.5. The Balaban J connectivity index is 3.42. The molecule has 1 unspecified atom stereocenters. The molecule has 1 aromatic heterocycles. The molecule has 1 atom stereocenters. The first-order valence-electron chi connectivity index (χ1n) is 5.06. The Kier molecular flexibility index (Phi) is 3.45. The molecule has 1 heterocycles. The van der Waals surface area contributed by atoms with Crippen molar-refractivity contribution >= 4 is 17.5 Å². The molecular formula is C11H17ClN2O. The minimum atomic E-state index is -0.456. The monoisotopic (exact) mass is 228 g/mol. The van der Waals surface area contributed by atoms with Crippen LogP contribution in [0.15, 0.2) is 0 Å². The summed E-state index contributed by atoms with van der Waals surface area (Å²) in [7, 11) is 1.91. The Morgan fingerprint density at radius 2 is 2.13 bits per heavy atom. The minimum absolute atomic E-state index is 0.328. The standard InChI is InChI=1S/C11H17ClN2O/c1-5-6(2)10-9(12)8(11(13)15)7(3)14(10)4/h6H,5H2,1-4H3,(H2,13,15). The lowest BCUT2D eigenvalue weighted by Gasteiger charge is -2.11. The fourth-order valence-electron chi connectivity index (χ4n) is 1.81. The van der Waals surface area contributed by atoms with Crippen molar-refractivity contribution in [3.05, 3.63) is 22.0 Å². The van der Waals surface area contributed by atoms with E-state index in [1.807, 2.05) is 18.5 Å². The fourth-order valence-corrected chi connectivity index (χ4v) is 2.35. The van der Waals surface area contributed by atoms with E-state index in [-0.39, 0.29) is 0 Å². The van der Waals surface area contributed by atoms with E-state index in [4.69, 9.17) is 17.3 Å². The van der Waals surface area contributed by atoms with Gasteiger partial charge in [0.1, 0.15) is 0 Å². The van der Waals surface area contributed by atoms with Crippen molar-refractivity contribution in [2.75, 3.05) is 0 Å². The molecule has 4 heteroatoms. The molecule has 0 fully saturated rings. The van der Waals surface area contributed by atoms with Gasteiger partial charge in [-0.25, -0.2) is 0 Å². The maximum Gasteiger partial charge on any atom is 0.252 e. The summed E-state index contributed by atoms with van der Waals surface area (Å²) in [6.45, 7) is 6.04. The van der Waals surface area contributed by atoms with E-state index in [0.29, 0.717) is 16.5 Å². The van der Waals surface area contributed by atoms with Crippen LogP contribution in [0.5, 0.6) is 0 Å². The summed E-state index contributed by atoms with van der Waals surface area (Å²) in [6, 6.07) is 0. The molecule has 0 saturated carbocycles. The van der Waals surface area contributed by atoms with Gasteiger partial charge in [-0.3, -0.25) is 4.79 Å². The summed E-state index contributed by atoms with van der Waals surface area (Å²) >= 11 is 6.18. The van der Waals surface area contributed by atoms with Crippen LogP contribution in [0.1, 0.15) is 47.9 Å². The number of amides is 1. The van der Waals surface area contributed by atoms with Crippen molar-refractivity contribution in [3.63, 3.8) is 0 Å². The van der Waals surface area contributed by atoms with Crippen molar-refractivity contribution in [2.24, 2.45) is 12.8 Å². The molecule has 1 aromatic rings. The molecule has 1 rings (SSSR count). The number of nitrogens with zero attached hydrogens (tertiary/aromatic N) is 1. The highest BCUT2D eigenvalue weighted by Crippen LogP contribution is 2.33. The van der Waals surface area contributed by atoms with Gasteiger partial charge >= 0.3 is 0 Å². The maximum atomic E-state index is 11.2. The highest BCUT2D eigenvalue weighted by molar-refractivity contribution is 6.34. The van der Waals surface area contributed by atoms with Gasteiger partial charge in [0.25, 0.3) is 5.91 Å². The molecule has 2 N–H and O–H groups in total. The minimum Gasteiger partial charge on any atom is -0.365 e. The summed E-state index contributed by atoms with van der Waals surface area (Å²) in [5, 5.41) is 0.511. The predicted molar refractivity (Wildman–Crippen MR) is 62.4 cm³/mol. The Bertz CT molecular complexity index is 396. The van der Waals surface area contributed by atoms with Gasteiger partial charge in [0, 0.05) is 18.4 Å². The van der Waals surface area contributed by atoms with E-state index >= 15 is 0 Å². The second-order valence-electron chi connectivity index (χ2n) is 3.89. The largest absolute Gasteiger partial charge is 0.365 e. The third kappa shape index (κ3) is 1.88. The van der Waals surface area contributed by atoms with Crippen LogP contribution in [0.4, 0.5) is 0 Å². The first-order chi connectivity index (χ1) is 6.91. The Hall–Kier alpha value is -0.960. The predicted octanol–water partition coefficient (Wildman–Crippen LogP) is 2.60. The van der Waals surface area contributed by atoms with Gasteiger partial charge in [0.05, 0.1) is 10.6 Å². The van der Waals surface area contributed by atoms with E-state index in [2.05, 4.69) is 13.8 Å². The maximum absolute atomic E-state index is 11.2. The molecule has 0 aliphatic rings. The number of halogens is 1. The van der Waals surface area contributed by atoms with Crippen molar-refractivity contribution < 1.29 is 4.79 Å². The molecule has 3 nitrogen and oxygen atoms in total. The van der Waals surface area contributed by atoms with Crippen molar-refractivity contribution in [1.29, 1.82) is 0 Å². The van der Waals surface area contributed by atoms with E-state index in [1.54, 1.807) is 0 Å². The van der Waals surface area contributed by atoms with Gasteiger partial charge < -0.3 is 10.3 Å². The molecule has 0 bridgehead atoms. The topological polar surface area (TPSA) is 48.0 Å². The molecule has 0 spiro atoms. The van der Waals surface area contributed by atoms with E-state index in [1.165, 1.54) is 0 Å². The zero-order valence-corrected chi connectivity index (χ0v) is 10.4. The third-order valence-electron chi connectivity index (χ3n) is 3.00.